The first-order valence-corrected chi connectivity index (χ1v) is 7.09. The molecule has 0 atom stereocenters. The standard InChI is InChI=1S/C15H18ClN3O2/c1-4-17-15(20)12-7-5-6-10(2)14(12)21-9-11-8-13(16)19(3)18-11/h5-8H,4,9H2,1-3H3,(H,17,20). The van der Waals surface area contributed by atoms with Gasteiger partial charge in [-0.05, 0) is 25.5 Å². The molecule has 0 fully saturated rings. The molecule has 1 aromatic carbocycles. The lowest BCUT2D eigenvalue weighted by atomic mass is 10.1. The van der Waals surface area contributed by atoms with Crippen molar-refractivity contribution in [3.8, 4) is 5.75 Å². The van der Waals surface area contributed by atoms with Gasteiger partial charge in [-0.1, -0.05) is 23.7 Å². The number of carbonyl (C=O) groups excluding carboxylic acids is 1. The summed E-state index contributed by atoms with van der Waals surface area (Å²) >= 11 is 5.95. The number of hydrogen-bond acceptors (Lipinski definition) is 3. The summed E-state index contributed by atoms with van der Waals surface area (Å²) in [6, 6.07) is 7.23. The van der Waals surface area contributed by atoms with Gasteiger partial charge in [0.15, 0.2) is 0 Å². The number of nitrogens with one attached hydrogen (secondary N) is 1. The van der Waals surface area contributed by atoms with Crippen LogP contribution in [0.3, 0.4) is 0 Å². The first kappa shape index (κ1) is 15.4. The van der Waals surface area contributed by atoms with Gasteiger partial charge in [0.2, 0.25) is 0 Å². The third-order valence-corrected chi connectivity index (χ3v) is 3.39. The topological polar surface area (TPSA) is 56.1 Å². The number of ether oxygens (including phenoxy) is 1. The summed E-state index contributed by atoms with van der Waals surface area (Å²) in [5, 5.41) is 7.55. The van der Waals surface area contributed by atoms with Gasteiger partial charge in [-0.25, -0.2) is 0 Å². The van der Waals surface area contributed by atoms with Crippen LogP contribution in [0.25, 0.3) is 0 Å². The van der Waals surface area contributed by atoms with Crippen molar-refractivity contribution in [3.63, 3.8) is 0 Å². The van der Waals surface area contributed by atoms with E-state index in [9.17, 15) is 4.79 Å². The highest BCUT2D eigenvalue weighted by molar-refractivity contribution is 6.29. The zero-order valence-electron chi connectivity index (χ0n) is 12.3. The normalized spacial score (nSPS) is 10.5. The SMILES string of the molecule is CCNC(=O)c1cccc(C)c1OCc1cc(Cl)n(C)n1. The van der Waals surface area contributed by atoms with E-state index in [-0.39, 0.29) is 12.5 Å². The minimum Gasteiger partial charge on any atom is -0.486 e. The molecule has 0 aliphatic carbocycles. The number of hydrogen-bond donors (Lipinski definition) is 1. The van der Waals surface area contributed by atoms with E-state index in [1.807, 2.05) is 26.0 Å². The van der Waals surface area contributed by atoms with Gasteiger partial charge < -0.3 is 10.1 Å². The minimum atomic E-state index is -0.143. The lowest BCUT2D eigenvalue weighted by Gasteiger charge is -2.13. The number of aryl methyl sites for hydroxylation is 2. The Morgan fingerprint density at radius 1 is 1.48 bits per heavy atom. The van der Waals surface area contributed by atoms with Gasteiger partial charge in [0.25, 0.3) is 5.91 Å². The molecule has 0 unspecified atom stereocenters. The Balaban J connectivity index is 2.20. The molecule has 1 heterocycles. The molecule has 5 nitrogen and oxygen atoms in total. The van der Waals surface area contributed by atoms with Crippen molar-refractivity contribution in [1.29, 1.82) is 0 Å². The smallest absolute Gasteiger partial charge is 0.255 e. The van der Waals surface area contributed by atoms with Crippen molar-refractivity contribution in [1.82, 2.24) is 15.1 Å². The molecule has 21 heavy (non-hydrogen) atoms. The maximum atomic E-state index is 12.1. The minimum absolute atomic E-state index is 0.143. The number of para-hydroxylation sites is 1. The quantitative estimate of drug-likeness (QED) is 0.924. The molecule has 0 saturated heterocycles. The summed E-state index contributed by atoms with van der Waals surface area (Å²) in [6.45, 7) is 4.62. The van der Waals surface area contributed by atoms with Crippen molar-refractivity contribution in [2.45, 2.75) is 20.5 Å². The second-order valence-corrected chi connectivity index (χ2v) is 5.07. The largest absolute Gasteiger partial charge is 0.486 e. The van der Waals surface area contributed by atoms with Crippen LogP contribution in [0.4, 0.5) is 0 Å². The van der Waals surface area contributed by atoms with Crippen molar-refractivity contribution >= 4 is 17.5 Å². The average molecular weight is 308 g/mol. The third kappa shape index (κ3) is 3.55. The van der Waals surface area contributed by atoms with Crippen molar-refractivity contribution in [3.05, 3.63) is 46.2 Å². The number of carbonyl (C=O) groups is 1. The highest BCUT2D eigenvalue weighted by atomic mass is 35.5. The van der Waals surface area contributed by atoms with Crippen LogP contribution in [0.2, 0.25) is 5.15 Å². The fraction of sp³-hybridized carbons (Fsp3) is 0.333. The predicted molar refractivity (Wildman–Crippen MR) is 81.7 cm³/mol. The fourth-order valence-electron chi connectivity index (χ4n) is 2.00. The lowest BCUT2D eigenvalue weighted by Crippen LogP contribution is -2.23. The summed E-state index contributed by atoms with van der Waals surface area (Å²) in [4.78, 5) is 12.1. The molecule has 6 heteroatoms. The van der Waals surface area contributed by atoms with E-state index in [0.29, 0.717) is 28.7 Å². The number of rotatable bonds is 5. The Kier molecular flexibility index (Phi) is 4.85. The summed E-state index contributed by atoms with van der Waals surface area (Å²) in [6.07, 6.45) is 0. The molecule has 0 aliphatic heterocycles. The Morgan fingerprint density at radius 3 is 2.86 bits per heavy atom. The van der Waals surface area contributed by atoms with Crippen LogP contribution in [0.5, 0.6) is 5.75 Å². The van der Waals surface area contributed by atoms with E-state index in [1.54, 1.807) is 23.9 Å². The van der Waals surface area contributed by atoms with Crippen molar-refractivity contribution in [2.24, 2.45) is 7.05 Å². The van der Waals surface area contributed by atoms with Gasteiger partial charge in [-0.3, -0.25) is 9.48 Å². The number of nitrogens with zero attached hydrogens (tertiary/aromatic N) is 2. The highest BCUT2D eigenvalue weighted by Crippen LogP contribution is 2.24. The van der Waals surface area contributed by atoms with Crippen molar-refractivity contribution in [2.75, 3.05) is 6.54 Å². The van der Waals surface area contributed by atoms with E-state index in [2.05, 4.69) is 10.4 Å². The maximum absolute atomic E-state index is 12.1. The Morgan fingerprint density at radius 2 is 2.24 bits per heavy atom. The van der Waals surface area contributed by atoms with Gasteiger partial charge in [-0.2, -0.15) is 5.10 Å². The fourth-order valence-corrected chi connectivity index (χ4v) is 2.16. The molecule has 1 aromatic heterocycles. The Bertz CT molecular complexity index is 633. The molecule has 0 spiro atoms. The molecule has 112 valence electrons. The van der Waals surface area contributed by atoms with E-state index in [4.69, 9.17) is 16.3 Å². The van der Waals surface area contributed by atoms with Gasteiger partial charge >= 0.3 is 0 Å². The Labute approximate surface area is 128 Å². The highest BCUT2D eigenvalue weighted by Gasteiger charge is 2.14. The Hall–Kier alpha value is -2.01. The molecule has 0 aliphatic rings. The van der Waals surface area contributed by atoms with E-state index in [1.165, 1.54) is 0 Å². The second kappa shape index (κ2) is 6.63. The van der Waals surface area contributed by atoms with Gasteiger partial charge in [0, 0.05) is 19.7 Å². The van der Waals surface area contributed by atoms with Crippen LogP contribution in [-0.4, -0.2) is 22.2 Å². The van der Waals surface area contributed by atoms with Crippen LogP contribution in [0.15, 0.2) is 24.3 Å². The monoisotopic (exact) mass is 307 g/mol. The van der Waals surface area contributed by atoms with Crippen LogP contribution in [-0.2, 0) is 13.7 Å². The molecule has 0 bridgehead atoms. The summed E-state index contributed by atoms with van der Waals surface area (Å²) in [5.74, 6) is 0.431. The third-order valence-electron chi connectivity index (χ3n) is 3.03. The average Bonchev–Trinajstić information content (AvgIpc) is 2.76. The van der Waals surface area contributed by atoms with Crippen LogP contribution in [0.1, 0.15) is 28.5 Å². The predicted octanol–water partition coefficient (Wildman–Crippen LogP) is 2.71. The molecular formula is C15H18ClN3O2. The number of amides is 1. The molecule has 1 N–H and O–H groups in total. The number of benzene rings is 1. The number of halogens is 1. The maximum Gasteiger partial charge on any atom is 0.255 e. The first-order valence-electron chi connectivity index (χ1n) is 6.72. The summed E-state index contributed by atoms with van der Waals surface area (Å²) in [5.41, 5.74) is 2.15. The van der Waals surface area contributed by atoms with Crippen LogP contribution >= 0.6 is 11.6 Å². The first-order chi connectivity index (χ1) is 10.0. The van der Waals surface area contributed by atoms with E-state index in [0.717, 1.165) is 5.56 Å². The molecule has 2 aromatic rings. The van der Waals surface area contributed by atoms with Crippen LogP contribution < -0.4 is 10.1 Å². The van der Waals surface area contributed by atoms with E-state index < -0.39 is 0 Å². The molecular weight excluding hydrogens is 290 g/mol. The zero-order valence-corrected chi connectivity index (χ0v) is 13.1. The van der Waals surface area contributed by atoms with E-state index >= 15 is 0 Å². The number of aromatic nitrogens is 2. The van der Waals surface area contributed by atoms with Gasteiger partial charge in [0.1, 0.15) is 23.2 Å². The van der Waals surface area contributed by atoms with Gasteiger partial charge in [-0.15, -0.1) is 0 Å². The molecule has 1 amide bonds. The summed E-state index contributed by atoms with van der Waals surface area (Å²) in [7, 11) is 1.76. The molecule has 0 radical (unpaired) electrons. The summed E-state index contributed by atoms with van der Waals surface area (Å²) < 4.78 is 7.37. The van der Waals surface area contributed by atoms with Gasteiger partial charge in [0.05, 0.1) is 5.56 Å². The van der Waals surface area contributed by atoms with Crippen molar-refractivity contribution < 1.29 is 9.53 Å². The molecule has 0 saturated carbocycles. The molecule has 2 rings (SSSR count). The second-order valence-electron chi connectivity index (χ2n) is 4.68. The zero-order chi connectivity index (χ0) is 15.4. The van der Waals surface area contributed by atoms with Crippen LogP contribution in [0, 0.1) is 6.92 Å². The lowest BCUT2D eigenvalue weighted by molar-refractivity contribution is 0.0951.